The Hall–Kier alpha value is -1.91. The van der Waals surface area contributed by atoms with Gasteiger partial charge >= 0.3 is 0 Å². The normalized spacial score (nSPS) is 12.1. The van der Waals surface area contributed by atoms with Gasteiger partial charge in [0.25, 0.3) is 5.69 Å². The van der Waals surface area contributed by atoms with Gasteiger partial charge in [-0.3, -0.25) is 10.1 Å². The molecule has 0 heterocycles. The van der Waals surface area contributed by atoms with Crippen molar-refractivity contribution >= 4 is 17.3 Å². The van der Waals surface area contributed by atoms with E-state index < -0.39 is 0 Å². The molecule has 0 spiro atoms. The van der Waals surface area contributed by atoms with E-state index in [-0.39, 0.29) is 16.7 Å². The van der Waals surface area contributed by atoms with Crippen LogP contribution in [-0.2, 0) is 6.54 Å². The second-order valence-electron chi connectivity index (χ2n) is 4.94. The maximum Gasteiger partial charge on any atom is 0.272 e. The minimum Gasteiger partial charge on any atom is -0.306 e. The smallest absolute Gasteiger partial charge is 0.272 e. The average molecular weight is 305 g/mol. The van der Waals surface area contributed by atoms with Gasteiger partial charge in [0.1, 0.15) is 0 Å². The van der Waals surface area contributed by atoms with Crippen molar-refractivity contribution < 1.29 is 4.92 Å². The van der Waals surface area contributed by atoms with Crippen LogP contribution in [0.4, 0.5) is 5.69 Å². The molecule has 0 radical (unpaired) electrons. The summed E-state index contributed by atoms with van der Waals surface area (Å²) in [4.78, 5) is 10.6. The second kappa shape index (κ2) is 6.70. The topological polar surface area (TPSA) is 55.2 Å². The van der Waals surface area contributed by atoms with Crippen LogP contribution in [-0.4, -0.2) is 4.92 Å². The lowest BCUT2D eigenvalue weighted by Crippen LogP contribution is -2.19. The fourth-order valence-corrected chi connectivity index (χ4v) is 2.56. The zero-order chi connectivity index (χ0) is 15.4. The molecule has 0 aliphatic heterocycles. The van der Waals surface area contributed by atoms with Crippen LogP contribution in [0.3, 0.4) is 0 Å². The molecule has 0 aliphatic rings. The van der Waals surface area contributed by atoms with Crippen molar-refractivity contribution in [3.05, 3.63) is 74.3 Å². The Bertz CT molecular complexity index is 658. The molecule has 21 heavy (non-hydrogen) atoms. The third-order valence-electron chi connectivity index (χ3n) is 3.58. The first-order valence-corrected chi connectivity index (χ1v) is 7.09. The maximum atomic E-state index is 10.9. The fraction of sp³-hybridized carbons (Fsp3) is 0.250. The van der Waals surface area contributed by atoms with Crippen molar-refractivity contribution in [3.63, 3.8) is 0 Å². The number of nitrogens with zero attached hydrogens (tertiary/aromatic N) is 1. The summed E-state index contributed by atoms with van der Waals surface area (Å²) in [5.41, 5.74) is 2.78. The van der Waals surface area contributed by atoms with Crippen molar-refractivity contribution in [3.8, 4) is 0 Å². The SMILES string of the molecule is Cc1c(CNC(C)c2ccccc2Cl)cccc1[N+](=O)[O-]. The van der Waals surface area contributed by atoms with Gasteiger partial charge in [-0.2, -0.15) is 0 Å². The van der Waals surface area contributed by atoms with Crippen LogP contribution >= 0.6 is 11.6 Å². The molecule has 0 fully saturated rings. The summed E-state index contributed by atoms with van der Waals surface area (Å²) in [5.74, 6) is 0. The summed E-state index contributed by atoms with van der Waals surface area (Å²) >= 11 is 6.17. The van der Waals surface area contributed by atoms with Gasteiger partial charge < -0.3 is 5.32 Å². The standard InChI is InChI=1S/C16H17ClN2O2/c1-11-13(6-5-9-16(11)19(20)21)10-18-12(2)14-7-3-4-8-15(14)17/h3-9,12,18H,10H2,1-2H3. The summed E-state index contributed by atoms with van der Waals surface area (Å²) in [6.07, 6.45) is 0. The molecule has 5 heteroatoms. The van der Waals surface area contributed by atoms with Crippen LogP contribution < -0.4 is 5.32 Å². The lowest BCUT2D eigenvalue weighted by atomic mass is 10.0. The molecule has 2 rings (SSSR count). The number of hydrogen-bond acceptors (Lipinski definition) is 3. The minimum atomic E-state index is -0.351. The van der Waals surface area contributed by atoms with E-state index in [2.05, 4.69) is 5.32 Å². The number of benzene rings is 2. The number of rotatable bonds is 5. The molecule has 1 N–H and O–H groups in total. The van der Waals surface area contributed by atoms with Crippen LogP contribution in [0.15, 0.2) is 42.5 Å². The Morgan fingerprint density at radius 1 is 1.24 bits per heavy atom. The molecule has 2 aromatic carbocycles. The molecule has 0 aromatic heterocycles. The van der Waals surface area contributed by atoms with E-state index in [1.54, 1.807) is 13.0 Å². The van der Waals surface area contributed by atoms with E-state index in [1.807, 2.05) is 37.3 Å². The van der Waals surface area contributed by atoms with Crippen molar-refractivity contribution in [2.45, 2.75) is 26.4 Å². The molecule has 0 amide bonds. The third kappa shape index (κ3) is 3.60. The van der Waals surface area contributed by atoms with Crippen molar-refractivity contribution in [2.24, 2.45) is 0 Å². The van der Waals surface area contributed by atoms with Gasteiger partial charge in [-0.15, -0.1) is 0 Å². The number of nitro groups is 1. The van der Waals surface area contributed by atoms with Crippen LogP contribution in [0.5, 0.6) is 0 Å². The summed E-state index contributed by atoms with van der Waals surface area (Å²) < 4.78 is 0. The predicted molar refractivity (Wildman–Crippen MR) is 84.5 cm³/mol. The molecule has 2 aromatic rings. The van der Waals surface area contributed by atoms with Gasteiger partial charge in [0.2, 0.25) is 0 Å². The van der Waals surface area contributed by atoms with E-state index >= 15 is 0 Å². The van der Waals surface area contributed by atoms with E-state index in [0.717, 1.165) is 11.1 Å². The van der Waals surface area contributed by atoms with Gasteiger partial charge in [-0.05, 0) is 31.0 Å². The summed E-state index contributed by atoms with van der Waals surface area (Å²) in [6, 6.07) is 12.9. The average Bonchev–Trinajstić information content (AvgIpc) is 2.46. The molecule has 110 valence electrons. The first-order valence-electron chi connectivity index (χ1n) is 6.71. The highest BCUT2D eigenvalue weighted by Crippen LogP contribution is 2.24. The Morgan fingerprint density at radius 2 is 1.95 bits per heavy atom. The van der Waals surface area contributed by atoms with Crippen LogP contribution in [0, 0.1) is 17.0 Å². The number of hydrogen-bond donors (Lipinski definition) is 1. The molecular weight excluding hydrogens is 288 g/mol. The molecule has 0 saturated carbocycles. The maximum absolute atomic E-state index is 10.9. The monoisotopic (exact) mass is 304 g/mol. The van der Waals surface area contributed by atoms with Crippen molar-refractivity contribution in [1.29, 1.82) is 0 Å². The Morgan fingerprint density at radius 3 is 2.62 bits per heavy atom. The van der Waals surface area contributed by atoms with E-state index in [1.165, 1.54) is 6.07 Å². The highest BCUT2D eigenvalue weighted by molar-refractivity contribution is 6.31. The molecule has 0 aliphatic carbocycles. The molecule has 1 atom stereocenters. The quantitative estimate of drug-likeness (QED) is 0.657. The molecule has 0 saturated heterocycles. The summed E-state index contributed by atoms with van der Waals surface area (Å²) in [5, 5.41) is 15.0. The molecule has 1 unspecified atom stereocenters. The molecular formula is C16H17ClN2O2. The zero-order valence-corrected chi connectivity index (χ0v) is 12.7. The van der Waals surface area contributed by atoms with Gasteiger partial charge in [-0.1, -0.05) is 41.9 Å². The highest BCUT2D eigenvalue weighted by Gasteiger charge is 2.14. The van der Waals surface area contributed by atoms with Crippen LogP contribution in [0.2, 0.25) is 5.02 Å². The van der Waals surface area contributed by atoms with Crippen molar-refractivity contribution in [1.82, 2.24) is 5.32 Å². The Labute approximate surface area is 128 Å². The molecule has 4 nitrogen and oxygen atoms in total. The zero-order valence-electron chi connectivity index (χ0n) is 12.0. The number of nitro benzene ring substituents is 1. The van der Waals surface area contributed by atoms with E-state index in [0.29, 0.717) is 17.1 Å². The van der Waals surface area contributed by atoms with Gasteiger partial charge in [0, 0.05) is 29.2 Å². The molecule has 0 bridgehead atoms. The first-order chi connectivity index (χ1) is 10.0. The van der Waals surface area contributed by atoms with Crippen LogP contribution in [0.1, 0.15) is 29.7 Å². The fourth-order valence-electron chi connectivity index (χ4n) is 2.26. The largest absolute Gasteiger partial charge is 0.306 e. The lowest BCUT2D eigenvalue weighted by molar-refractivity contribution is -0.385. The predicted octanol–water partition coefficient (Wildman–Crippen LogP) is 4.41. The Balaban J connectivity index is 2.12. The van der Waals surface area contributed by atoms with Gasteiger partial charge in [-0.25, -0.2) is 0 Å². The third-order valence-corrected chi connectivity index (χ3v) is 3.93. The van der Waals surface area contributed by atoms with Gasteiger partial charge in [0.05, 0.1) is 4.92 Å². The number of nitrogens with one attached hydrogen (secondary N) is 1. The first kappa shape index (κ1) is 15.5. The highest BCUT2D eigenvalue weighted by atomic mass is 35.5. The number of halogens is 1. The van der Waals surface area contributed by atoms with Crippen LogP contribution in [0.25, 0.3) is 0 Å². The Kier molecular flexibility index (Phi) is 4.94. The minimum absolute atomic E-state index is 0.0670. The summed E-state index contributed by atoms with van der Waals surface area (Å²) in [6.45, 7) is 4.35. The van der Waals surface area contributed by atoms with Gasteiger partial charge in [0.15, 0.2) is 0 Å². The lowest BCUT2D eigenvalue weighted by Gasteiger charge is -2.16. The second-order valence-corrected chi connectivity index (χ2v) is 5.35. The summed E-state index contributed by atoms with van der Waals surface area (Å²) in [7, 11) is 0. The van der Waals surface area contributed by atoms with E-state index in [9.17, 15) is 10.1 Å². The van der Waals surface area contributed by atoms with Crippen molar-refractivity contribution in [2.75, 3.05) is 0 Å². The van der Waals surface area contributed by atoms with E-state index in [4.69, 9.17) is 11.6 Å².